The van der Waals surface area contributed by atoms with Crippen LogP contribution in [0.25, 0.3) is 0 Å². The maximum Gasteiger partial charge on any atom is 0.288 e. The zero-order chi connectivity index (χ0) is 15.6. The van der Waals surface area contributed by atoms with Gasteiger partial charge in [-0.15, -0.1) is 0 Å². The number of hydrogen-bond donors (Lipinski definition) is 0. The van der Waals surface area contributed by atoms with E-state index in [4.69, 9.17) is 11.6 Å². The minimum Gasteiger partial charge on any atom is -0.336 e. The fourth-order valence-electron chi connectivity index (χ4n) is 2.30. The molecule has 21 heavy (non-hydrogen) atoms. The van der Waals surface area contributed by atoms with Crippen molar-refractivity contribution in [3.05, 3.63) is 33.1 Å². The Hall–Kier alpha value is -1.73. The van der Waals surface area contributed by atoms with Crippen LogP contribution in [0.1, 0.15) is 24.2 Å². The van der Waals surface area contributed by atoms with E-state index in [0.29, 0.717) is 19.1 Å². The number of hydrogen-bond acceptors (Lipinski definition) is 5. The van der Waals surface area contributed by atoms with Crippen LogP contribution in [0.2, 0.25) is 5.15 Å². The molecule has 8 heteroatoms. The molecule has 2 rings (SSSR count). The van der Waals surface area contributed by atoms with E-state index in [1.54, 1.807) is 4.90 Å². The number of aromatic nitrogens is 1. The number of halogens is 1. The zero-order valence-corrected chi connectivity index (χ0v) is 12.7. The summed E-state index contributed by atoms with van der Waals surface area (Å²) in [5.74, 6) is -0.306. The van der Waals surface area contributed by atoms with Gasteiger partial charge in [0.25, 0.3) is 11.6 Å². The number of amides is 1. The largest absolute Gasteiger partial charge is 0.336 e. The smallest absolute Gasteiger partial charge is 0.288 e. The maximum absolute atomic E-state index is 12.4. The summed E-state index contributed by atoms with van der Waals surface area (Å²) in [6, 6.07) is 1.62. The van der Waals surface area contributed by atoms with Gasteiger partial charge in [-0.25, -0.2) is 4.98 Å². The molecule has 2 heterocycles. The molecule has 0 saturated carbocycles. The Morgan fingerprint density at radius 2 is 2.00 bits per heavy atom. The minimum absolute atomic E-state index is 0.00288. The third kappa shape index (κ3) is 3.48. The van der Waals surface area contributed by atoms with Crippen molar-refractivity contribution in [2.24, 2.45) is 0 Å². The molecule has 1 aliphatic rings. The highest BCUT2D eigenvalue weighted by Gasteiger charge is 2.26. The van der Waals surface area contributed by atoms with Gasteiger partial charge in [-0.05, 0) is 13.8 Å². The zero-order valence-electron chi connectivity index (χ0n) is 12.0. The normalized spacial score (nSPS) is 16.3. The average molecular weight is 313 g/mol. The fourth-order valence-corrected chi connectivity index (χ4v) is 2.48. The highest BCUT2D eigenvalue weighted by atomic mass is 35.5. The SMILES string of the molecule is CC(C)N1CCN(C(=O)c2cc([N+](=O)[O-])cnc2Cl)CC1. The lowest BCUT2D eigenvalue weighted by Crippen LogP contribution is -2.50. The number of nitro groups is 1. The minimum atomic E-state index is -0.586. The van der Waals surface area contributed by atoms with Crippen LogP contribution in [0.3, 0.4) is 0 Å². The van der Waals surface area contributed by atoms with Crippen molar-refractivity contribution in [3.8, 4) is 0 Å². The molecule has 1 aliphatic heterocycles. The van der Waals surface area contributed by atoms with E-state index in [1.165, 1.54) is 6.07 Å². The molecule has 0 aliphatic carbocycles. The number of piperazine rings is 1. The first-order valence-electron chi connectivity index (χ1n) is 6.73. The van der Waals surface area contributed by atoms with E-state index >= 15 is 0 Å². The summed E-state index contributed by atoms with van der Waals surface area (Å²) in [4.78, 5) is 30.3. The summed E-state index contributed by atoms with van der Waals surface area (Å²) in [6.07, 6.45) is 1.05. The van der Waals surface area contributed by atoms with Crippen molar-refractivity contribution < 1.29 is 9.72 Å². The van der Waals surface area contributed by atoms with Crippen molar-refractivity contribution >= 4 is 23.2 Å². The Morgan fingerprint density at radius 3 is 2.52 bits per heavy atom. The molecular weight excluding hydrogens is 296 g/mol. The Bertz CT molecular complexity index is 556. The van der Waals surface area contributed by atoms with E-state index in [2.05, 4.69) is 23.7 Å². The molecule has 7 nitrogen and oxygen atoms in total. The first-order chi connectivity index (χ1) is 9.90. The summed E-state index contributed by atoms with van der Waals surface area (Å²) in [5, 5.41) is 10.8. The molecule has 1 saturated heterocycles. The molecule has 0 N–H and O–H groups in total. The average Bonchev–Trinajstić information content (AvgIpc) is 2.47. The topological polar surface area (TPSA) is 79.6 Å². The van der Waals surface area contributed by atoms with Gasteiger partial charge in [0.05, 0.1) is 10.5 Å². The number of carbonyl (C=O) groups is 1. The molecule has 1 aromatic rings. The molecule has 1 aromatic heterocycles. The Labute approximate surface area is 127 Å². The maximum atomic E-state index is 12.4. The first-order valence-corrected chi connectivity index (χ1v) is 7.11. The quantitative estimate of drug-likeness (QED) is 0.483. The van der Waals surface area contributed by atoms with Gasteiger partial charge >= 0.3 is 0 Å². The van der Waals surface area contributed by atoms with E-state index in [-0.39, 0.29) is 22.3 Å². The van der Waals surface area contributed by atoms with Crippen LogP contribution in [0, 0.1) is 10.1 Å². The van der Waals surface area contributed by atoms with E-state index < -0.39 is 4.92 Å². The molecule has 0 atom stereocenters. The van der Waals surface area contributed by atoms with Crippen LogP contribution in [0.4, 0.5) is 5.69 Å². The molecule has 0 bridgehead atoms. The van der Waals surface area contributed by atoms with Crippen molar-refractivity contribution in [3.63, 3.8) is 0 Å². The predicted molar refractivity (Wildman–Crippen MR) is 78.5 cm³/mol. The monoisotopic (exact) mass is 312 g/mol. The lowest BCUT2D eigenvalue weighted by molar-refractivity contribution is -0.385. The molecular formula is C13H17ClN4O3. The highest BCUT2D eigenvalue weighted by molar-refractivity contribution is 6.32. The lowest BCUT2D eigenvalue weighted by atomic mass is 10.2. The van der Waals surface area contributed by atoms with Crippen molar-refractivity contribution in [2.75, 3.05) is 26.2 Å². The van der Waals surface area contributed by atoms with E-state index in [9.17, 15) is 14.9 Å². The Balaban J connectivity index is 2.14. The summed E-state index contributed by atoms with van der Waals surface area (Å²) in [6.45, 7) is 6.94. The van der Waals surface area contributed by atoms with Gasteiger partial charge in [-0.1, -0.05) is 11.6 Å². The number of nitrogens with zero attached hydrogens (tertiary/aromatic N) is 4. The third-order valence-electron chi connectivity index (χ3n) is 3.60. The van der Waals surface area contributed by atoms with Crippen molar-refractivity contribution in [1.29, 1.82) is 0 Å². The van der Waals surface area contributed by atoms with Gasteiger partial charge < -0.3 is 4.90 Å². The standard InChI is InChI=1S/C13H17ClN4O3/c1-9(2)16-3-5-17(6-4-16)13(19)11-7-10(18(20)21)8-15-12(11)14/h7-9H,3-6H2,1-2H3. The van der Waals surface area contributed by atoms with Crippen molar-refractivity contribution in [1.82, 2.24) is 14.8 Å². The lowest BCUT2D eigenvalue weighted by Gasteiger charge is -2.36. The molecule has 0 spiro atoms. The number of pyridine rings is 1. The van der Waals surface area contributed by atoms with Gasteiger partial charge in [-0.3, -0.25) is 19.8 Å². The van der Waals surface area contributed by atoms with Gasteiger partial charge in [0, 0.05) is 38.3 Å². The molecule has 0 radical (unpaired) electrons. The second-order valence-corrected chi connectivity index (χ2v) is 5.57. The molecule has 0 aromatic carbocycles. The van der Waals surface area contributed by atoms with Gasteiger partial charge in [-0.2, -0.15) is 0 Å². The summed E-state index contributed by atoms with van der Waals surface area (Å²) >= 11 is 5.90. The van der Waals surface area contributed by atoms with Gasteiger partial charge in [0.2, 0.25) is 0 Å². The third-order valence-corrected chi connectivity index (χ3v) is 3.90. The summed E-state index contributed by atoms with van der Waals surface area (Å²) in [5.41, 5.74) is -0.146. The summed E-state index contributed by atoms with van der Waals surface area (Å²) in [7, 11) is 0. The van der Waals surface area contributed by atoms with Gasteiger partial charge in [0.15, 0.2) is 0 Å². The Morgan fingerprint density at radius 1 is 1.38 bits per heavy atom. The van der Waals surface area contributed by atoms with E-state index in [0.717, 1.165) is 19.3 Å². The van der Waals surface area contributed by atoms with E-state index in [1.807, 2.05) is 0 Å². The highest BCUT2D eigenvalue weighted by Crippen LogP contribution is 2.21. The first kappa shape index (κ1) is 15.7. The van der Waals surface area contributed by atoms with Crippen LogP contribution >= 0.6 is 11.6 Å². The fraction of sp³-hybridized carbons (Fsp3) is 0.538. The molecule has 0 unspecified atom stereocenters. The molecule has 1 amide bonds. The second kappa shape index (κ2) is 6.36. The van der Waals surface area contributed by atoms with Crippen LogP contribution in [0.15, 0.2) is 12.3 Å². The second-order valence-electron chi connectivity index (χ2n) is 5.21. The van der Waals surface area contributed by atoms with Crippen LogP contribution in [-0.2, 0) is 0 Å². The number of carbonyl (C=O) groups excluding carboxylic acids is 1. The predicted octanol–water partition coefficient (Wildman–Crippen LogP) is 1.81. The number of rotatable bonds is 3. The van der Waals surface area contributed by atoms with Crippen molar-refractivity contribution in [2.45, 2.75) is 19.9 Å². The molecule has 1 fully saturated rings. The van der Waals surface area contributed by atoms with Crippen LogP contribution in [-0.4, -0.2) is 57.8 Å². The summed E-state index contributed by atoms with van der Waals surface area (Å²) < 4.78 is 0. The van der Waals surface area contributed by atoms with Crippen LogP contribution in [0.5, 0.6) is 0 Å². The van der Waals surface area contributed by atoms with Crippen LogP contribution < -0.4 is 0 Å². The molecule has 114 valence electrons. The van der Waals surface area contributed by atoms with Gasteiger partial charge in [0.1, 0.15) is 11.3 Å². The Kier molecular flexibility index (Phi) is 4.74.